The normalized spacial score (nSPS) is 10.5. The Morgan fingerprint density at radius 1 is 1.00 bits per heavy atom. The topological polar surface area (TPSA) is 89.0 Å². The minimum absolute atomic E-state index is 0.0443. The van der Waals surface area contributed by atoms with Gasteiger partial charge in [0.05, 0.1) is 31.1 Å². The standard InChI is InChI=1S/C23H20BrN3O4/c1-30-21-5-3-2-4-20(21)25-15-22(28)27-26-14-16-6-12-19(13-7-16)31-23(29)17-8-10-18(24)11-9-17/h2-14,25H,15H2,1H3,(H,27,28)/b26-14-. The summed E-state index contributed by atoms with van der Waals surface area (Å²) in [4.78, 5) is 24.1. The van der Waals surface area contributed by atoms with E-state index in [0.717, 1.165) is 15.7 Å². The van der Waals surface area contributed by atoms with Crippen molar-refractivity contribution in [3.05, 3.63) is 88.4 Å². The Kier molecular flexibility index (Phi) is 7.78. The first-order chi connectivity index (χ1) is 15.0. The van der Waals surface area contributed by atoms with Crippen LogP contribution in [0.15, 0.2) is 82.4 Å². The summed E-state index contributed by atoms with van der Waals surface area (Å²) >= 11 is 3.32. The van der Waals surface area contributed by atoms with Crippen LogP contribution in [0.2, 0.25) is 0 Å². The number of ether oxygens (including phenoxy) is 2. The molecule has 0 saturated heterocycles. The lowest BCUT2D eigenvalue weighted by atomic mass is 10.2. The molecule has 158 valence electrons. The van der Waals surface area contributed by atoms with Gasteiger partial charge in [-0.3, -0.25) is 4.79 Å². The highest BCUT2D eigenvalue weighted by Crippen LogP contribution is 2.22. The van der Waals surface area contributed by atoms with E-state index < -0.39 is 5.97 Å². The van der Waals surface area contributed by atoms with E-state index in [1.165, 1.54) is 6.21 Å². The molecule has 8 heteroatoms. The van der Waals surface area contributed by atoms with E-state index in [2.05, 4.69) is 31.8 Å². The smallest absolute Gasteiger partial charge is 0.343 e. The van der Waals surface area contributed by atoms with Gasteiger partial charge in [0.25, 0.3) is 5.91 Å². The molecule has 31 heavy (non-hydrogen) atoms. The Bertz CT molecular complexity index is 1070. The number of para-hydroxylation sites is 2. The number of hydrazone groups is 1. The third-order valence-electron chi connectivity index (χ3n) is 4.12. The summed E-state index contributed by atoms with van der Waals surface area (Å²) in [6.45, 7) is 0.0443. The summed E-state index contributed by atoms with van der Waals surface area (Å²) in [7, 11) is 1.57. The highest BCUT2D eigenvalue weighted by Gasteiger charge is 2.08. The molecule has 0 fully saturated rings. The fourth-order valence-corrected chi connectivity index (χ4v) is 2.82. The molecule has 3 aromatic rings. The third-order valence-corrected chi connectivity index (χ3v) is 4.65. The third kappa shape index (κ3) is 6.68. The van der Waals surface area contributed by atoms with Crippen LogP contribution in [0.3, 0.4) is 0 Å². The Labute approximate surface area is 188 Å². The van der Waals surface area contributed by atoms with Crippen molar-refractivity contribution < 1.29 is 19.1 Å². The molecule has 0 aromatic heterocycles. The van der Waals surface area contributed by atoms with Gasteiger partial charge in [0.15, 0.2) is 0 Å². The number of carbonyl (C=O) groups is 2. The first-order valence-corrected chi connectivity index (χ1v) is 10.1. The van der Waals surface area contributed by atoms with Gasteiger partial charge in [0.1, 0.15) is 11.5 Å². The monoisotopic (exact) mass is 481 g/mol. The number of halogens is 1. The molecular formula is C23H20BrN3O4. The van der Waals surface area contributed by atoms with Gasteiger partial charge in [-0.2, -0.15) is 5.10 Å². The number of hydrogen-bond acceptors (Lipinski definition) is 6. The molecule has 1 amide bonds. The first-order valence-electron chi connectivity index (χ1n) is 9.32. The molecule has 0 aliphatic heterocycles. The van der Waals surface area contributed by atoms with E-state index in [0.29, 0.717) is 17.1 Å². The zero-order chi connectivity index (χ0) is 22.1. The average molecular weight is 482 g/mol. The van der Waals surface area contributed by atoms with Crippen molar-refractivity contribution in [3.8, 4) is 11.5 Å². The summed E-state index contributed by atoms with van der Waals surface area (Å²) in [6, 6.07) is 21.0. The van der Waals surface area contributed by atoms with Crippen LogP contribution in [-0.2, 0) is 4.79 Å². The molecule has 0 radical (unpaired) electrons. The average Bonchev–Trinajstić information content (AvgIpc) is 2.79. The SMILES string of the molecule is COc1ccccc1NCC(=O)N/N=C\c1ccc(OC(=O)c2ccc(Br)cc2)cc1. The van der Waals surface area contributed by atoms with Crippen LogP contribution in [-0.4, -0.2) is 31.7 Å². The van der Waals surface area contributed by atoms with Crippen LogP contribution in [0.25, 0.3) is 0 Å². The molecule has 3 rings (SSSR count). The largest absolute Gasteiger partial charge is 0.495 e. The predicted molar refractivity (Wildman–Crippen MR) is 123 cm³/mol. The summed E-state index contributed by atoms with van der Waals surface area (Å²) < 4.78 is 11.5. The quantitative estimate of drug-likeness (QED) is 0.217. The highest BCUT2D eigenvalue weighted by atomic mass is 79.9. The Balaban J connectivity index is 1.47. The van der Waals surface area contributed by atoms with Crippen LogP contribution in [0.5, 0.6) is 11.5 Å². The number of nitrogens with one attached hydrogen (secondary N) is 2. The van der Waals surface area contributed by atoms with Gasteiger partial charge in [-0.15, -0.1) is 0 Å². The molecular weight excluding hydrogens is 462 g/mol. The van der Waals surface area contributed by atoms with Crippen molar-refractivity contribution >= 4 is 39.7 Å². The van der Waals surface area contributed by atoms with E-state index in [1.54, 1.807) is 61.7 Å². The van der Waals surface area contributed by atoms with Gasteiger partial charge in [-0.25, -0.2) is 10.2 Å². The van der Waals surface area contributed by atoms with Crippen molar-refractivity contribution in [2.24, 2.45) is 5.10 Å². The van der Waals surface area contributed by atoms with Gasteiger partial charge in [-0.05, 0) is 66.2 Å². The molecule has 0 aliphatic carbocycles. The second kappa shape index (κ2) is 10.9. The zero-order valence-corrected chi connectivity index (χ0v) is 18.3. The predicted octanol–water partition coefficient (Wildman–Crippen LogP) is 4.24. The van der Waals surface area contributed by atoms with E-state index in [1.807, 2.05) is 18.2 Å². The molecule has 0 spiro atoms. The first kappa shape index (κ1) is 22.0. The lowest BCUT2D eigenvalue weighted by molar-refractivity contribution is -0.119. The summed E-state index contributed by atoms with van der Waals surface area (Å²) in [5.74, 6) is 0.320. The van der Waals surface area contributed by atoms with Crippen molar-refractivity contribution in [2.45, 2.75) is 0 Å². The maximum Gasteiger partial charge on any atom is 0.343 e. The zero-order valence-electron chi connectivity index (χ0n) is 16.7. The molecule has 0 bridgehead atoms. The van der Waals surface area contributed by atoms with Crippen molar-refractivity contribution in [3.63, 3.8) is 0 Å². The van der Waals surface area contributed by atoms with Crippen LogP contribution in [0, 0.1) is 0 Å². The van der Waals surface area contributed by atoms with Gasteiger partial charge in [-0.1, -0.05) is 28.1 Å². The van der Waals surface area contributed by atoms with Gasteiger partial charge in [0.2, 0.25) is 0 Å². The van der Waals surface area contributed by atoms with Crippen molar-refractivity contribution in [1.82, 2.24) is 5.43 Å². The molecule has 0 unspecified atom stereocenters. The lowest BCUT2D eigenvalue weighted by Crippen LogP contribution is -2.26. The minimum Gasteiger partial charge on any atom is -0.495 e. The Morgan fingerprint density at radius 2 is 1.71 bits per heavy atom. The molecule has 0 aliphatic rings. The summed E-state index contributed by atoms with van der Waals surface area (Å²) in [6.07, 6.45) is 1.50. The Morgan fingerprint density at radius 3 is 2.42 bits per heavy atom. The lowest BCUT2D eigenvalue weighted by Gasteiger charge is -2.09. The molecule has 7 nitrogen and oxygen atoms in total. The number of methoxy groups -OCH3 is 1. The summed E-state index contributed by atoms with van der Waals surface area (Å²) in [5.41, 5.74) is 4.36. The number of carbonyl (C=O) groups excluding carboxylic acids is 2. The number of anilines is 1. The number of nitrogens with zero attached hydrogens (tertiary/aromatic N) is 1. The van der Waals surface area contributed by atoms with E-state index in [-0.39, 0.29) is 12.5 Å². The second-order valence-corrected chi connectivity index (χ2v) is 7.23. The van der Waals surface area contributed by atoms with E-state index >= 15 is 0 Å². The number of benzene rings is 3. The molecule has 0 atom stereocenters. The maximum atomic E-state index is 12.1. The number of hydrogen-bond donors (Lipinski definition) is 2. The van der Waals surface area contributed by atoms with E-state index in [4.69, 9.17) is 9.47 Å². The number of esters is 1. The second-order valence-electron chi connectivity index (χ2n) is 6.31. The van der Waals surface area contributed by atoms with Crippen LogP contribution >= 0.6 is 15.9 Å². The number of amides is 1. The molecule has 3 aromatic carbocycles. The van der Waals surface area contributed by atoms with E-state index in [9.17, 15) is 9.59 Å². The van der Waals surface area contributed by atoms with Gasteiger partial charge >= 0.3 is 5.97 Å². The highest BCUT2D eigenvalue weighted by molar-refractivity contribution is 9.10. The minimum atomic E-state index is -0.441. The van der Waals surface area contributed by atoms with Crippen LogP contribution < -0.4 is 20.2 Å². The fraction of sp³-hybridized carbons (Fsp3) is 0.0870. The summed E-state index contributed by atoms with van der Waals surface area (Å²) in [5, 5.41) is 6.93. The Hall–Kier alpha value is -3.65. The van der Waals surface area contributed by atoms with Crippen LogP contribution in [0.1, 0.15) is 15.9 Å². The molecule has 0 heterocycles. The fourth-order valence-electron chi connectivity index (χ4n) is 2.56. The van der Waals surface area contributed by atoms with Crippen molar-refractivity contribution in [1.29, 1.82) is 0 Å². The molecule has 2 N–H and O–H groups in total. The van der Waals surface area contributed by atoms with Gasteiger partial charge in [0, 0.05) is 4.47 Å². The number of rotatable bonds is 8. The van der Waals surface area contributed by atoms with Gasteiger partial charge < -0.3 is 14.8 Å². The van der Waals surface area contributed by atoms with Crippen molar-refractivity contribution in [2.75, 3.05) is 19.0 Å². The van der Waals surface area contributed by atoms with Crippen LogP contribution in [0.4, 0.5) is 5.69 Å². The maximum absolute atomic E-state index is 12.1. The molecule has 0 saturated carbocycles.